The van der Waals surface area contributed by atoms with Crippen molar-refractivity contribution >= 4 is 11.9 Å². The normalized spacial score (nSPS) is 16.7. The summed E-state index contributed by atoms with van der Waals surface area (Å²) in [5.74, 6) is -0.797. The Balaban J connectivity index is 2.09. The lowest BCUT2D eigenvalue weighted by Crippen LogP contribution is -2.33. The van der Waals surface area contributed by atoms with Gasteiger partial charge in [0, 0.05) is 19.6 Å². The van der Waals surface area contributed by atoms with Gasteiger partial charge in [-0.1, -0.05) is 24.3 Å². The van der Waals surface area contributed by atoms with E-state index in [4.69, 9.17) is 5.11 Å². The van der Waals surface area contributed by atoms with Gasteiger partial charge in [0.15, 0.2) is 0 Å². The summed E-state index contributed by atoms with van der Waals surface area (Å²) in [6.07, 6.45) is 0.947. The van der Waals surface area contributed by atoms with Crippen LogP contribution in [-0.4, -0.2) is 41.5 Å². The lowest BCUT2D eigenvalue weighted by atomic mass is 10.0. The van der Waals surface area contributed by atoms with Crippen LogP contribution in [0.3, 0.4) is 0 Å². The summed E-state index contributed by atoms with van der Waals surface area (Å²) < 4.78 is 0. The van der Waals surface area contributed by atoms with E-state index in [1.165, 1.54) is 0 Å². The van der Waals surface area contributed by atoms with Gasteiger partial charge in [-0.15, -0.1) is 0 Å². The van der Waals surface area contributed by atoms with E-state index in [0.717, 1.165) is 24.1 Å². The molecular weight excluding hydrogens is 244 g/mol. The molecule has 2 N–H and O–H groups in total. The number of carbonyl (C=O) groups excluding carboxylic acids is 1. The average Bonchev–Trinajstić information content (AvgIpc) is 2.55. The molecule has 1 heterocycles. The maximum absolute atomic E-state index is 11.5. The summed E-state index contributed by atoms with van der Waals surface area (Å²) in [7, 11) is 0. The molecule has 5 heteroatoms. The maximum Gasteiger partial charge on any atom is 0.307 e. The molecule has 0 atom stereocenters. The fraction of sp³-hybridized carbons (Fsp3) is 0.429. The highest BCUT2D eigenvalue weighted by Crippen LogP contribution is 2.13. The lowest BCUT2D eigenvalue weighted by Gasteiger charge is -2.20. The first-order chi connectivity index (χ1) is 9.15. The molecule has 0 saturated carbocycles. The molecule has 1 aliphatic rings. The van der Waals surface area contributed by atoms with Gasteiger partial charge in [-0.3, -0.25) is 14.5 Å². The summed E-state index contributed by atoms with van der Waals surface area (Å²) >= 11 is 0. The fourth-order valence-corrected chi connectivity index (χ4v) is 2.29. The number of rotatable bonds is 4. The monoisotopic (exact) mass is 262 g/mol. The largest absolute Gasteiger partial charge is 0.481 e. The molecule has 0 spiro atoms. The molecule has 5 nitrogen and oxygen atoms in total. The number of carboxylic acid groups (broad SMARTS) is 1. The highest BCUT2D eigenvalue weighted by Gasteiger charge is 2.16. The van der Waals surface area contributed by atoms with Crippen LogP contribution in [0.4, 0.5) is 0 Å². The molecule has 0 bridgehead atoms. The second kappa shape index (κ2) is 6.33. The smallest absolute Gasteiger partial charge is 0.307 e. The molecule has 1 aromatic rings. The number of nitrogens with one attached hydrogen (secondary N) is 1. The van der Waals surface area contributed by atoms with Gasteiger partial charge < -0.3 is 10.4 Å². The van der Waals surface area contributed by atoms with Gasteiger partial charge in [0.2, 0.25) is 5.91 Å². The van der Waals surface area contributed by atoms with Crippen LogP contribution in [0.2, 0.25) is 0 Å². The zero-order valence-electron chi connectivity index (χ0n) is 10.8. The van der Waals surface area contributed by atoms with Crippen molar-refractivity contribution in [2.45, 2.75) is 19.4 Å². The maximum atomic E-state index is 11.5. The lowest BCUT2D eigenvalue weighted by molar-refractivity contribution is -0.136. The van der Waals surface area contributed by atoms with E-state index in [2.05, 4.69) is 10.2 Å². The Hall–Kier alpha value is -1.88. The third kappa shape index (κ3) is 4.06. The van der Waals surface area contributed by atoms with E-state index in [1.807, 2.05) is 24.3 Å². The van der Waals surface area contributed by atoms with Crippen molar-refractivity contribution in [1.82, 2.24) is 10.2 Å². The van der Waals surface area contributed by atoms with Crippen molar-refractivity contribution in [3.8, 4) is 0 Å². The molecule has 0 unspecified atom stereocenters. The number of carboxylic acids is 1. The molecule has 1 fully saturated rings. The minimum atomic E-state index is -0.832. The van der Waals surface area contributed by atoms with Crippen molar-refractivity contribution < 1.29 is 14.7 Å². The van der Waals surface area contributed by atoms with E-state index in [9.17, 15) is 9.59 Å². The number of hydrogen-bond acceptors (Lipinski definition) is 3. The first-order valence-electron chi connectivity index (χ1n) is 6.43. The van der Waals surface area contributed by atoms with E-state index < -0.39 is 5.97 Å². The van der Waals surface area contributed by atoms with Crippen molar-refractivity contribution in [1.29, 1.82) is 0 Å². The predicted molar refractivity (Wildman–Crippen MR) is 70.7 cm³/mol. The van der Waals surface area contributed by atoms with Crippen LogP contribution in [-0.2, 0) is 22.6 Å². The van der Waals surface area contributed by atoms with E-state index in [0.29, 0.717) is 19.6 Å². The molecule has 1 amide bonds. The standard InChI is InChI=1S/C14H18N2O3/c17-13-10-16(7-3-6-15-13)9-12-5-2-1-4-11(12)8-14(18)19/h1-2,4-5H,3,6-10H2,(H,15,17)(H,18,19). The topological polar surface area (TPSA) is 69.6 Å². The van der Waals surface area contributed by atoms with Crippen molar-refractivity contribution in [3.63, 3.8) is 0 Å². The van der Waals surface area contributed by atoms with Crippen LogP contribution in [0.25, 0.3) is 0 Å². The summed E-state index contributed by atoms with van der Waals surface area (Å²) in [5.41, 5.74) is 1.80. The van der Waals surface area contributed by atoms with Crippen molar-refractivity contribution in [2.24, 2.45) is 0 Å². The van der Waals surface area contributed by atoms with Crippen molar-refractivity contribution in [2.75, 3.05) is 19.6 Å². The van der Waals surface area contributed by atoms with E-state index >= 15 is 0 Å². The van der Waals surface area contributed by atoms with Gasteiger partial charge in [-0.05, 0) is 17.5 Å². The Morgan fingerprint density at radius 3 is 2.79 bits per heavy atom. The van der Waals surface area contributed by atoms with Crippen LogP contribution >= 0.6 is 0 Å². The molecule has 0 aromatic heterocycles. The molecule has 1 saturated heterocycles. The molecular formula is C14H18N2O3. The first kappa shape index (κ1) is 13.5. The number of nitrogens with zero attached hydrogens (tertiary/aromatic N) is 1. The van der Waals surface area contributed by atoms with Crippen LogP contribution < -0.4 is 5.32 Å². The second-order valence-electron chi connectivity index (χ2n) is 4.75. The minimum absolute atomic E-state index is 0.0240. The predicted octanol–water partition coefficient (Wildman–Crippen LogP) is 0.636. The molecule has 0 aliphatic carbocycles. The highest BCUT2D eigenvalue weighted by molar-refractivity contribution is 5.78. The summed E-state index contributed by atoms with van der Waals surface area (Å²) in [5, 5.41) is 11.7. The Morgan fingerprint density at radius 2 is 2.05 bits per heavy atom. The van der Waals surface area contributed by atoms with Crippen LogP contribution in [0.15, 0.2) is 24.3 Å². The quantitative estimate of drug-likeness (QED) is 0.835. The Bertz CT molecular complexity index is 474. The van der Waals surface area contributed by atoms with Gasteiger partial charge in [0.1, 0.15) is 0 Å². The van der Waals surface area contributed by atoms with Crippen LogP contribution in [0.1, 0.15) is 17.5 Å². The second-order valence-corrected chi connectivity index (χ2v) is 4.75. The minimum Gasteiger partial charge on any atom is -0.481 e. The van der Waals surface area contributed by atoms with E-state index in [-0.39, 0.29) is 12.3 Å². The Labute approximate surface area is 112 Å². The van der Waals surface area contributed by atoms with Gasteiger partial charge in [0.05, 0.1) is 13.0 Å². The summed E-state index contributed by atoms with van der Waals surface area (Å²) in [6.45, 7) is 2.56. The SMILES string of the molecule is O=C(O)Cc1ccccc1CN1CCCNC(=O)C1. The average molecular weight is 262 g/mol. The highest BCUT2D eigenvalue weighted by atomic mass is 16.4. The van der Waals surface area contributed by atoms with Gasteiger partial charge in [0.25, 0.3) is 0 Å². The van der Waals surface area contributed by atoms with Crippen LogP contribution in [0, 0.1) is 0 Å². The number of hydrogen-bond donors (Lipinski definition) is 2. The molecule has 102 valence electrons. The molecule has 1 aliphatic heterocycles. The summed E-state index contributed by atoms with van der Waals surface area (Å²) in [4.78, 5) is 24.4. The van der Waals surface area contributed by atoms with Gasteiger partial charge in [-0.25, -0.2) is 0 Å². The van der Waals surface area contributed by atoms with Gasteiger partial charge in [-0.2, -0.15) is 0 Å². The summed E-state index contributed by atoms with van der Waals surface area (Å²) in [6, 6.07) is 7.51. The Morgan fingerprint density at radius 1 is 1.32 bits per heavy atom. The zero-order chi connectivity index (χ0) is 13.7. The molecule has 0 radical (unpaired) electrons. The van der Waals surface area contributed by atoms with E-state index in [1.54, 1.807) is 0 Å². The first-order valence-corrected chi connectivity index (χ1v) is 6.43. The molecule has 19 heavy (non-hydrogen) atoms. The number of carbonyl (C=O) groups is 2. The fourth-order valence-electron chi connectivity index (χ4n) is 2.29. The number of benzene rings is 1. The zero-order valence-corrected chi connectivity index (χ0v) is 10.8. The van der Waals surface area contributed by atoms with Crippen molar-refractivity contribution in [3.05, 3.63) is 35.4 Å². The number of aliphatic carboxylic acids is 1. The number of amides is 1. The molecule has 1 aromatic carbocycles. The van der Waals surface area contributed by atoms with Gasteiger partial charge >= 0.3 is 5.97 Å². The molecule has 2 rings (SSSR count). The third-order valence-corrected chi connectivity index (χ3v) is 3.19. The third-order valence-electron chi connectivity index (χ3n) is 3.19. The van der Waals surface area contributed by atoms with Crippen LogP contribution in [0.5, 0.6) is 0 Å². The Kier molecular flexibility index (Phi) is 4.52.